The predicted molar refractivity (Wildman–Crippen MR) is 71.2 cm³/mol. The van der Waals surface area contributed by atoms with Gasteiger partial charge >= 0.3 is 0 Å². The normalized spacial score (nSPS) is 13.8. The predicted octanol–water partition coefficient (Wildman–Crippen LogP) is 3.47. The fraction of sp³-hybridized carbons (Fsp3) is 0.500. The molecule has 2 N–H and O–H groups in total. The van der Waals surface area contributed by atoms with Crippen LogP contribution in [0, 0.1) is 5.41 Å². The second-order valence-corrected chi connectivity index (χ2v) is 7.02. The molecular weight excluding hydrogens is 242 g/mol. The van der Waals surface area contributed by atoms with Crippen molar-refractivity contribution in [3.05, 3.63) is 23.2 Å². The minimum atomic E-state index is -0.988. The molecule has 0 radical (unpaired) electrons. The Kier molecular flexibility index (Phi) is 4.39. The lowest BCUT2D eigenvalue weighted by Gasteiger charge is -2.17. The molecular formula is C12H18ClNOS. The average Bonchev–Trinajstić information content (AvgIpc) is 2.17. The van der Waals surface area contributed by atoms with Gasteiger partial charge < -0.3 is 5.73 Å². The Hall–Kier alpha value is -0.540. The molecule has 0 saturated heterocycles. The van der Waals surface area contributed by atoms with Crippen LogP contribution in [0.3, 0.4) is 0 Å². The molecule has 1 rings (SSSR count). The molecule has 90 valence electrons. The minimum absolute atomic E-state index is 0.202. The zero-order valence-corrected chi connectivity index (χ0v) is 11.5. The lowest BCUT2D eigenvalue weighted by molar-refractivity contribution is 0.400. The molecule has 0 aliphatic heterocycles. The summed E-state index contributed by atoms with van der Waals surface area (Å²) in [6.45, 7) is 6.42. The largest absolute Gasteiger partial charge is 0.398 e. The van der Waals surface area contributed by atoms with Crippen LogP contribution in [-0.2, 0) is 10.8 Å². The molecule has 0 spiro atoms. The van der Waals surface area contributed by atoms with Gasteiger partial charge in [-0.2, -0.15) is 0 Å². The second-order valence-electron chi connectivity index (χ2n) is 5.04. The van der Waals surface area contributed by atoms with Gasteiger partial charge in [0, 0.05) is 10.6 Å². The topological polar surface area (TPSA) is 43.1 Å². The van der Waals surface area contributed by atoms with Gasteiger partial charge in [-0.05, 0) is 30.0 Å². The highest BCUT2D eigenvalue weighted by molar-refractivity contribution is 7.85. The summed E-state index contributed by atoms with van der Waals surface area (Å²) in [5.41, 5.74) is 6.33. The molecule has 0 bridgehead atoms. The van der Waals surface area contributed by atoms with Crippen LogP contribution in [0.4, 0.5) is 5.69 Å². The van der Waals surface area contributed by atoms with E-state index in [-0.39, 0.29) is 5.41 Å². The molecule has 1 atom stereocenters. The van der Waals surface area contributed by atoms with E-state index in [4.69, 9.17) is 17.3 Å². The Morgan fingerprint density at radius 1 is 1.38 bits per heavy atom. The fourth-order valence-electron chi connectivity index (χ4n) is 1.17. The van der Waals surface area contributed by atoms with E-state index < -0.39 is 10.8 Å². The van der Waals surface area contributed by atoms with E-state index in [9.17, 15) is 4.21 Å². The van der Waals surface area contributed by atoms with Gasteiger partial charge in [-0.3, -0.25) is 4.21 Å². The van der Waals surface area contributed by atoms with Crippen LogP contribution < -0.4 is 5.73 Å². The third kappa shape index (κ3) is 4.14. The van der Waals surface area contributed by atoms with Gasteiger partial charge in [0.1, 0.15) is 0 Å². The molecule has 0 aliphatic rings. The lowest BCUT2D eigenvalue weighted by Crippen LogP contribution is -2.10. The van der Waals surface area contributed by atoms with Crippen LogP contribution in [0.5, 0.6) is 0 Å². The molecule has 16 heavy (non-hydrogen) atoms. The number of hydrogen-bond acceptors (Lipinski definition) is 2. The number of halogens is 1. The van der Waals surface area contributed by atoms with E-state index in [1.807, 2.05) is 0 Å². The van der Waals surface area contributed by atoms with Gasteiger partial charge in [0.2, 0.25) is 0 Å². The third-order valence-electron chi connectivity index (χ3n) is 2.27. The molecule has 0 saturated carbocycles. The number of nitrogens with two attached hydrogens (primary N) is 1. The molecule has 4 heteroatoms. The van der Waals surface area contributed by atoms with Crippen molar-refractivity contribution in [3.8, 4) is 0 Å². The lowest BCUT2D eigenvalue weighted by atomic mass is 9.94. The van der Waals surface area contributed by atoms with E-state index in [0.29, 0.717) is 16.5 Å². The Labute approximate surface area is 105 Å². The van der Waals surface area contributed by atoms with Gasteiger partial charge in [-0.1, -0.05) is 32.4 Å². The smallest absolute Gasteiger partial charge is 0.0647 e. The maximum absolute atomic E-state index is 12.0. The van der Waals surface area contributed by atoms with E-state index in [1.165, 1.54) is 0 Å². The van der Waals surface area contributed by atoms with Crippen molar-refractivity contribution in [2.45, 2.75) is 32.1 Å². The van der Waals surface area contributed by atoms with Gasteiger partial charge in [0.15, 0.2) is 0 Å². The van der Waals surface area contributed by atoms with Gasteiger partial charge in [-0.15, -0.1) is 0 Å². The quantitative estimate of drug-likeness (QED) is 0.845. The van der Waals surface area contributed by atoms with Crippen molar-refractivity contribution in [3.63, 3.8) is 0 Å². The van der Waals surface area contributed by atoms with E-state index >= 15 is 0 Å². The molecule has 0 aromatic heterocycles. The standard InChI is InChI=1S/C12H18ClNOS/c1-12(2,3)6-7-16(15)9-4-5-11(14)10(13)8-9/h4-5,8H,6-7,14H2,1-3H3. The average molecular weight is 260 g/mol. The summed E-state index contributed by atoms with van der Waals surface area (Å²) in [5, 5.41) is 0.474. The highest BCUT2D eigenvalue weighted by Gasteiger charge is 2.13. The van der Waals surface area contributed by atoms with E-state index in [1.54, 1.807) is 18.2 Å². The van der Waals surface area contributed by atoms with Crippen molar-refractivity contribution in [2.24, 2.45) is 5.41 Å². The first-order valence-electron chi connectivity index (χ1n) is 5.23. The molecule has 0 amide bonds. The number of rotatable bonds is 3. The van der Waals surface area contributed by atoms with Gasteiger partial charge in [-0.25, -0.2) is 0 Å². The Morgan fingerprint density at radius 2 is 2.00 bits per heavy atom. The highest BCUT2D eigenvalue weighted by Crippen LogP contribution is 2.24. The summed E-state index contributed by atoms with van der Waals surface area (Å²) in [6.07, 6.45) is 0.918. The van der Waals surface area contributed by atoms with Crippen molar-refractivity contribution < 1.29 is 4.21 Å². The maximum atomic E-state index is 12.0. The van der Waals surface area contributed by atoms with Crippen LogP contribution >= 0.6 is 11.6 Å². The van der Waals surface area contributed by atoms with Crippen molar-refractivity contribution in [1.82, 2.24) is 0 Å². The summed E-state index contributed by atoms with van der Waals surface area (Å²) in [4.78, 5) is 0.753. The molecule has 0 fully saturated rings. The third-order valence-corrected chi connectivity index (χ3v) is 3.95. The highest BCUT2D eigenvalue weighted by atomic mass is 35.5. The van der Waals surface area contributed by atoms with Gasteiger partial charge in [0.25, 0.3) is 0 Å². The van der Waals surface area contributed by atoms with Crippen LogP contribution in [0.15, 0.2) is 23.1 Å². The number of hydrogen-bond donors (Lipinski definition) is 1. The SMILES string of the molecule is CC(C)(C)CCS(=O)c1ccc(N)c(Cl)c1. The molecule has 1 unspecified atom stereocenters. The molecule has 2 nitrogen and oxygen atoms in total. The monoisotopic (exact) mass is 259 g/mol. The summed E-state index contributed by atoms with van der Waals surface area (Å²) in [6, 6.07) is 5.17. The van der Waals surface area contributed by atoms with Crippen LogP contribution in [0.25, 0.3) is 0 Å². The zero-order chi connectivity index (χ0) is 12.3. The Morgan fingerprint density at radius 3 is 2.50 bits per heavy atom. The number of nitrogen functional groups attached to an aromatic ring is 1. The van der Waals surface area contributed by atoms with Gasteiger partial charge in [0.05, 0.1) is 21.5 Å². The van der Waals surface area contributed by atoms with E-state index in [0.717, 1.165) is 11.3 Å². The Bertz CT molecular complexity index is 398. The van der Waals surface area contributed by atoms with Crippen molar-refractivity contribution in [2.75, 3.05) is 11.5 Å². The molecule has 1 aromatic rings. The first-order chi connectivity index (χ1) is 7.29. The number of anilines is 1. The summed E-state index contributed by atoms with van der Waals surface area (Å²) < 4.78 is 12.0. The number of benzene rings is 1. The molecule has 0 aliphatic carbocycles. The first kappa shape index (κ1) is 13.5. The van der Waals surface area contributed by atoms with Crippen LogP contribution in [-0.4, -0.2) is 9.96 Å². The van der Waals surface area contributed by atoms with Crippen LogP contribution in [0.2, 0.25) is 5.02 Å². The molecule has 1 aromatic carbocycles. The zero-order valence-electron chi connectivity index (χ0n) is 9.92. The maximum Gasteiger partial charge on any atom is 0.0647 e. The first-order valence-corrected chi connectivity index (χ1v) is 6.93. The van der Waals surface area contributed by atoms with Crippen LogP contribution in [0.1, 0.15) is 27.2 Å². The summed E-state index contributed by atoms with van der Waals surface area (Å²) in [5.74, 6) is 0.656. The minimum Gasteiger partial charge on any atom is -0.398 e. The second kappa shape index (κ2) is 5.19. The summed E-state index contributed by atoms with van der Waals surface area (Å²) in [7, 11) is -0.988. The molecule has 0 heterocycles. The summed E-state index contributed by atoms with van der Waals surface area (Å²) >= 11 is 5.89. The van der Waals surface area contributed by atoms with Crippen molar-refractivity contribution >= 4 is 28.1 Å². The van der Waals surface area contributed by atoms with Crippen molar-refractivity contribution in [1.29, 1.82) is 0 Å². The fourth-order valence-corrected chi connectivity index (χ4v) is 2.91. The van der Waals surface area contributed by atoms with E-state index in [2.05, 4.69) is 20.8 Å². The Balaban J connectivity index is 2.70.